The van der Waals surface area contributed by atoms with E-state index in [2.05, 4.69) is 10.3 Å². The van der Waals surface area contributed by atoms with Gasteiger partial charge < -0.3 is 10.4 Å². The minimum absolute atomic E-state index is 0.253. The van der Waals surface area contributed by atoms with Crippen molar-refractivity contribution in [3.05, 3.63) is 30.1 Å². The van der Waals surface area contributed by atoms with Crippen LogP contribution in [0.15, 0.2) is 24.5 Å². The molecule has 1 aromatic heterocycles. The topological polar surface area (TPSA) is 79.3 Å². The maximum Gasteiger partial charge on any atom is 0.307 e. The third kappa shape index (κ3) is 3.86. The van der Waals surface area contributed by atoms with E-state index in [1.165, 1.54) is 6.92 Å². The molecule has 1 rings (SSSR count). The van der Waals surface area contributed by atoms with Gasteiger partial charge in [0.2, 0.25) is 5.91 Å². The highest BCUT2D eigenvalue weighted by Gasteiger charge is 2.25. The van der Waals surface area contributed by atoms with Crippen LogP contribution in [0.3, 0.4) is 0 Å². The Bertz CT molecular complexity index is 392. The number of hydrogen-bond acceptors (Lipinski definition) is 3. The first-order chi connectivity index (χ1) is 8.02. The largest absolute Gasteiger partial charge is 0.481 e. The molecule has 0 bridgehead atoms. The molecule has 5 nitrogen and oxygen atoms in total. The van der Waals surface area contributed by atoms with Gasteiger partial charge in [-0.05, 0) is 17.7 Å². The van der Waals surface area contributed by atoms with Crippen molar-refractivity contribution in [2.45, 2.75) is 20.4 Å². The average Bonchev–Trinajstić information content (AvgIpc) is 2.35. The summed E-state index contributed by atoms with van der Waals surface area (Å²) in [7, 11) is 0. The number of carboxylic acid groups (broad SMARTS) is 1. The van der Waals surface area contributed by atoms with Gasteiger partial charge in [-0.1, -0.05) is 13.8 Å². The molecular formula is C12H16N2O3. The molecule has 0 fully saturated rings. The van der Waals surface area contributed by atoms with Crippen molar-refractivity contribution in [2.24, 2.45) is 11.8 Å². The van der Waals surface area contributed by atoms with Crippen LogP contribution >= 0.6 is 0 Å². The molecule has 0 aromatic carbocycles. The number of aromatic nitrogens is 1. The Morgan fingerprint density at radius 2 is 1.88 bits per heavy atom. The number of pyridine rings is 1. The van der Waals surface area contributed by atoms with Crippen molar-refractivity contribution >= 4 is 11.9 Å². The molecule has 2 atom stereocenters. The van der Waals surface area contributed by atoms with E-state index in [1.807, 2.05) is 0 Å². The van der Waals surface area contributed by atoms with Crippen LogP contribution in [0.5, 0.6) is 0 Å². The number of carbonyl (C=O) groups excluding carboxylic acids is 1. The first kappa shape index (κ1) is 13.2. The van der Waals surface area contributed by atoms with Crippen LogP contribution < -0.4 is 5.32 Å². The first-order valence-corrected chi connectivity index (χ1v) is 5.41. The minimum atomic E-state index is -0.962. The smallest absolute Gasteiger partial charge is 0.307 e. The SMILES string of the molecule is CC(C(=O)O)C(C)C(=O)NCc1ccncc1. The highest BCUT2D eigenvalue weighted by atomic mass is 16.4. The van der Waals surface area contributed by atoms with E-state index in [1.54, 1.807) is 31.5 Å². The van der Waals surface area contributed by atoms with Gasteiger partial charge in [0.05, 0.1) is 5.92 Å². The third-order valence-corrected chi connectivity index (χ3v) is 2.77. The molecule has 0 aliphatic rings. The Balaban J connectivity index is 2.47. The van der Waals surface area contributed by atoms with Crippen molar-refractivity contribution in [3.8, 4) is 0 Å². The lowest BCUT2D eigenvalue weighted by Crippen LogP contribution is -2.34. The van der Waals surface area contributed by atoms with Crippen molar-refractivity contribution in [1.29, 1.82) is 0 Å². The second kappa shape index (κ2) is 5.98. The van der Waals surface area contributed by atoms with Crippen LogP contribution in [0, 0.1) is 11.8 Å². The molecule has 0 radical (unpaired) electrons. The molecular weight excluding hydrogens is 220 g/mol. The van der Waals surface area contributed by atoms with Gasteiger partial charge in [-0.25, -0.2) is 0 Å². The Kier molecular flexibility index (Phi) is 4.63. The number of hydrogen-bond donors (Lipinski definition) is 2. The minimum Gasteiger partial charge on any atom is -0.481 e. The summed E-state index contributed by atoms with van der Waals surface area (Å²) in [5.41, 5.74) is 0.934. The lowest BCUT2D eigenvalue weighted by Gasteiger charge is -2.15. The number of nitrogens with zero attached hydrogens (tertiary/aromatic N) is 1. The van der Waals surface area contributed by atoms with Gasteiger partial charge in [0.15, 0.2) is 0 Å². The van der Waals surface area contributed by atoms with Crippen LogP contribution in [0.1, 0.15) is 19.4 Å². The highest BCUT2D eigenvalue weighted by Crippen LogP contribution is 2.11. The number of aliphatic carboxylic acids is 1. The number of rotatable bonds is 5. The summed E-state index contributed by atoms with van der Waals surface area (Å²) in [5.74, 6) is -2.45. The molecule has 17 heavy (non-hydrogen) atoms. The molecule has 0 aliphatic heterocycles. The maximum atomic E-state index is 11.7. The van der Waals surface area contributed by atoms with E-state index in [4.69, 9.17) is 5.11 Å². The van der Waals surface area contributed by atoms with E-state index in [0.29, 0.717) is 6.54 Å². The normalized spacial score (nSPS) is 13.8. The van der Waals surface area contributed by atoms with Crippen molar-refractivity contribution in [2.75, 3.05) is 0 Å². The summed E-state index contributed by atoms with van der Waals surface area (Å²) in [6, 6.07) is 3.59. The van der Waals surface area contributed by atoms with E-state index in [-0.39, 0.29) is 5.91 Å². The molecule has 1 aromatic rings. The highest BCUT2D eigenvalue weighted by molar-refractivity contribution is 5.84. The zero-order valence-electron chi connectivity index (χ0n) is 9.88. The van der Waals surface area contributed by atoms with Crippen LogP contribution in [-0.2, 0) is 16.1 Å². The van der Waals surface area contributed by atoms with Crippen molar-refractivity contribution < 1.29 is 14.7 Å². The van der Waals surface area contributed by atoms with Crippen LogP contribution in [0.25, 0.3) is 0 Å². The predicted octanol–water partition coefficient (Wildman–Crippen LogP) is 1.05. The standard InChI is InChI=1S/C12H16N2O3/c1-8(9(2)12(16)17)11(15)14-7-10-3-5-13-6-4-10/h3-6,8-9H,7H2,1-2H3,(H,14,15)(H,16,17). The summed E-state index contributed by atoms with van der Waals surface area (Å²) in [4.78, 5) is 26.3. The van der Waals surface area contributed by atoms with Gasteiger partial charge in [-0.3, -0.25) is 14.6 Å². The quantitative estimate of drug-likeness (QED) is 0.801. The van der Waals surface area contributed by atoms with Gasteiger partial charge in [0, 0.05) is 24.9 Å². The Labute approximate surface area is 99.9 Å². The maximum absolute atomic E-state index is 11.7. The number of amides is 1. The monoisotopic (exact) mass is 236 g/mol. The van der Waals surface area contributed by atoms with Gasteiger partial charge in [0.25, 0.3) is 0 Å². The van der Waals surface area contributed by atoms with Crippen molar-refractivity contribution in [1.82, 2.24) is 10.3 Å². The number of carboxylic acids is 1. The molecule has 0 saturated carbocycles. The van der Waals surface area contributed by atoms with Gasteiger partial charge in [-0.15, -0.1) is 0 Å². The second-order valence-corrected chi connectivity index (χ2v) is 3.99. The molecule has 0 spiro atoms. The summed E-state index contributed by atoms with van der Waals surface area (Å²) in [6.45, 7) is 3.53. The van der Waals surface area contributed by atoms with Gasteiger partial charge in [-0.2, -0.15) is 0 Å². The molecule has 0 aliphatic carbocycles. The predicted molar refractivity (Wildman–Crippen MR) is 62.0 cm³/mol. The molecule has 2 unspecified atom stereocenters. The van der Waals surface area contributed by atoms with Crippen LogP contribution in [0.2, 0.25) is 0 Å². The summed E-state index contributed by atoms with van der Waals surface area (Å²) < 4.78 is 0. The van der Waals surface area contributed by atoms with E-state index >= 15 is 0 Å². The fourth-order valence-corrected chi connectivity index (χ4v) is 1.29. The Morgan fingerprint density at radius 3 is 2.41 bits per heavy atom. The summed E-state index contributed by atoms with van der Waals surface area (Å²) in [5, 5.41) is 11.5. The molecule has 1 amide bonds. The summed E-state index contributed by atoms with van der Waals surface area (Å²) >= 11 is 0. The first-order valence-electron chi connectivity index (χ1n) is 5.41. The zero-order chi connectivity index (χ0) is 12.8. The van der Waals surface area contributed by atoms with Crippen LogP contribution in [-0.4, -0.2) is 22.0 Å². The second-order valence-electron chi connectivity index (χ2n) is 3.99. The fraction of sp³-hybridized carbons (Fsp3) is 0.417. The Morgan fingerprint density at radius 1 is 1.29 bits per heavy atom. The molecule has 1 heterocycles. The summed E-state index contributed by atoms with van der Waals surface area (Å²) in [6.07, 6.45) is 3.29. The van der Waals surface area contributed by atoms with E-state index in [9.17, 15) is 9.59 Å². The molecule has 5 heteroatoms. The molecule has 92 valence electrons. The van der Waals surface area contributed by atoms with E-state index < -0.39 is 17.8 Å². The number of nitrogens with one attached hydrogen (secondary N) is 1. The van der Waals surface area contributed by atoms with Gasteiger partial charge >= 0.3 is 5.97 Å². The molecule has 0 saturated heterocycles. The number of carbonyl (C=O) groups is 2. The Hall–Kier alpha value is -1.91. The van der Waals surface area contributed by atoms with Crippen LogP contribution in [0.4, 0.5) is 0 Å². The van der Waals surface area contributed by atoms with E-state index in [0.717, 1.165) is 5.56 Å². The third-order valence-electron chi connectivity index (χ3n) is 2.77. The zero-order valence-corrected chi connectivity index (χ0v) is 9.88. The lowest BCUT2D eigenvalue weighted by atomic mass is 9.95. The fourth-order valence-electron chi connectivity index (χ4n) is 1.29. The van der Waals surface area contributed by atoms with Gasteiger partial charge in [0.1, 0.15) is 0 Å². The molecule has 2 N–H and O–H groups in total. The lowest BCUT2D eigenvalue weighted by molar-refractivity contribution is -0.146. The van der Waals surface area contributed by atoms with Crippen molar-refractivity contribution in [3.63, 3.8) is 0 Å². The average molecular weight is 236 g/mol.